The van der Waals surface area contributed by atoms with Crippen LogP contribution in [0.2, 0.25) is 0 Å². The third-order valence-electron chi connectivity index (χ3n) is 1.54. The molecule has 0 atom stereocenters. The fourth-order valence-corrected chi connectivity index (χ4v) is 0.958. The highest BCUT2D eigenvalue weighted by atomic mass is 16.5. The van der Waals surface area contributed by atoms with Gasteiger partial charge in [0.25, 0.3) is 0 Å². The maximum Gasteiger partial charge on any atom is 0.238 e. The summed E-state index contributed by atoms with van der Waals surface area (Å²) in [5.74, 6) is 1.38. The van der Waals surface area contributed by atoms with Crippen molar-refractivity contribution in [2.45, 2.75) is 6.42 Å². The molecule has 0 saturated heterocycles. The molecule has 0 aliphatic rings. The lowest BCUT2D eigenvalue weighted by atomic mass is 10.4. The average Bonchev–Trinajstić information content (AvgIpc) is 2.70. The lowest BCUT2D eigenvalue weighted by Crippen LogP contribution is -1.89. The van der Waals surface area contributed by atoms with Gasteiger partial charge < -0.3 is 14.0 Å². The van der Waals surface area contributed by atoms with Crippen molar-refractivity contribution in [3.8, 4) is 11.6 Å². The smallest absolute Gasteiger partial charge is 0.238 e. The van der Waals surface area contributed by atoms with E-state index >= 15 is 0 Å². The molecule has 5 nitrogen and oxygen atoms in total. The molecule has 0 fully saturated rings. The Kier molecular flexibility index (Phi) is 2.09. The van der Waals surface area contributed by atoms with E-state index in [-0.39, 0.29) is 6.61 Å². The Bertz CT molecular complexity index is 366. The van der Waals surface area contributed by atoms with Crippen LogP contribution in [0.1, 0.15) is 5.89 Å². The van der Waals surface area contributed by atoms with Gasteiger partial charge in [0.2, 0.25) is 11.7 Å². The summed E-state index contributed by atoms with van der Waals surface area (Å²) in [6, 6.07) is 3.49. The predicted molar refractivity (Wildman–Crippen MR) is 42.8 cm³/mol. The molecular formula is C8H8N2O3. The van der Waals surface area contributed by atoms with Crippen molar-refractivity contribution >= 4 is 0 Å². The van der Waals surface area contributed by atoms with Crippen LogP contribution in [0.3, 0.4) is 0 Å². The topological polar surface area (TPSA) is 72.3 Å². The summed E-state index contributed by atoms with van der Waals surface area (Å²) in [6.07, 6.45) is 1.91. The molecule has 0 aliphatic carbocycles. The minimum absolute atomic E-state index is 0.000210. The molecule has 0 aromatic carbocycles. The van der Waals surface area contributed by atoms with E-state index in [1.165, 1.54) is 6.26 Å². The minimum atomic E-state index is -0.000210. The number of aliphatic hydroxyl groups is 1. The predicted octanol–water partition coefficient (Wildman–Crippen LogP) is 0.864. The molecule has 2 rings (SSSR count). The van der Waals surface area contributed by atoms with Crippen molar-refractivity contribution in [1.29, 1.82) is 0 Å². The fourth-order valence-electron chi connectivity index (χ4n) is 0.958. The summed E-state index contributed by atoms with van der Waals surface area (Å²) in [5, 5.41) is 12.3. The largest absolute Gasteiger partial charge is 0.461 e. The fraction of sp³-hybridized carbons (Fsp3) is 0.250. The number of rotatable bonds is 3. The highest BCUT2D eigenvalue weighted by Crippen LogP contribution is 2.15. The van der Waals surface area contributed by atoms with Gasteiger partial charge in [-0.3, -0.25) is 0 Å². The zero-order chi connectivity index (χ0) is 9.10. The monoisotopic (exact) mass is 180 g/mol. The number of aliphatic hydroxyl groups excluding tert-OH is 1. The van der Waals surface area contributed by atoms with Crippen molar-refractivity contribution < 1.29 is 14.0 Å². The van der Waals surface area contributed by atoms with Crippen LogP contribution in [-0.4, -0.2) is 21.9 Å². The second kappa shape index (κ2) is 3.40. The quantitative estimate of drug-likeness (QED) is 0.758. The summed E-state index contributed by atoms with van der Waals surface area (Å²) in [5.41, 5.74) is 0. The molecule has 0 spiro atoms. The van der Waals surface area contributed by atoms with E-state index < -0.39 is 0 Å². The van der Waals surface area contributed by atoms with E-state index in [0.29, 0.717) is 23.9 Å². The molecule has 5 heteroatoms. The van der Waals surface area contributed by atoms with E-state index in [4.69, 9.17) is 14.0 Å². The number of nitrogens with zero attached hydrogens (tertiary/aromatic N) is 2. The van der Waals surface area contributed by atoms with Crippen LogP contribution in [0.4, 0.5) is 0 Å². The minimum Gasteiger partial charge on any atom is -0.461 e. The van der Waals surface area contributed by atoms with Gasteiger partial charge in [0.15, 0.2) is 5.76 Å². The third kappa shape index (κ3) is 1.59. The molecule has 68 valence electrons. The number of furan rings is 1. The van der Waals surface area contributed by atoms with E-state index in [0.717, 1.165) is 0 Å². The normalized spacial score (nSPS) is 10.5. The molecular weight excluding hydrogens is 172 g/mol. The van der Waals surface area contributed by atoms with Crippen LogP contribution < -0.4 is 0 Å². The summed E-state index contributed by atoms with van der Waals surface area (Å²) >= 11 is 0. The van der Waals surface area contributed by atoms with Gasteiger partial charge in [-0.1, -0.05) is 5.16 Å². The van der Waals surface area contributed by atoms with E-state index in [1.807, 2.05) is 0 Å². The van der Waals surface area contributed by atoms with Crippen molar-refractivity contribution in [3.05, 3.63) is 24.3 Å². The number of aromatic nitrogens is 2. The first-order chi connectivity index (χ1) is 6.40. The summed E-state index contributed by atoms with van der Waals surface area (Å²) < 4.78 is 9.91. The van der Waals surface area contributed by atoms with Crippen LogP contribution in [-0.2, 0) is 6.42 Å². The van der Waals surface area contributed by atoms with Crippen molar-refractivity contribution in [2.75, 3.05) is 6.61 Å². The maximum atomic E-state index is 8.61. The molecule has 0 bridgehead atoms. The first kappa shape index (κ1) is 8.00. The van der Waals surface area contributed by atoms with Crippen molar-refractivity contribution in [1.82, 2.24) is 10.1 Å². The molecule has 0 saturated carbocycles. The second-order valence-electron chi connectivity index (χ2n) is 2.46. The van der Waals surface area contributed by atoms with E-state index in [1.54, 1.807) is 12.1 Å². The van der Waals surface area contributed by atoms with Crippen LogP contribution in [0.5, 0.6) is 0 Å². The van der Waals surface area contributed by atoms with Gasteiger partial charge in [0, 0.05) is 0 Å². The molecule has 0 amide bonds. The summed E-state index contributed by atoms with van der Waals surface area (Å²) in [7, 11) is 0. The van der Waals surface area contributed by atoms with Gasteiger partial charge in [0.1, 0.15) is 0 Å². The highest BCUT2D eigenvalue weighted by molar-refractivity contribution is 5.44. The Morgan fingerprint density at radius 2 is 2.38 bits per heavy atom. The maximum absolute atomic E-state index is 8.61. The van der Waals surface area contributed by atoms with Crippen LogP contribution >= 0.6 is 0 Å². The Hall–Kier alpha value is -1.62. The second-order valence-corrected chi connectivity index (χ2v) is 2.46. The Morgan fingerprint density at radius 1 is 1.46 bits per heavy atom. The zero-order valence-electron chi connectivity index (χ0n) is 6.80. The number of hydrogen-bond donors (Lipinski definition) is 1. The van der Waals surface area contributed by atoms with Gasteiger partial charge in [-0.25, -0.2) is 0 Å². The van der Waals surface area contributed by atoms with Crippen LogP contribution in [0, 0.1) is 0 Å². The first-order valence-electron chi connectivity index (χ1n) is 3.87. The van der Waals surface area contributed by atoms with Gasteiger partial charge in [-0.15, -0.1) is 0 Å². The van der Waals surface area contributed by atoms with Gasteiger partial charge in [-0.2, -0.15) is 4.98 Å². The SMILES string of the molecule is OCCc1nc(-c2ccco2)no1. The Labute approximate surface area is 74.0 Å². The zero-order valence-corrected chi connectivity index (χ0v) is 6.80. The van der Waals surface area contributed by atoms with Gasteiger partial charge in [-0.05, 0) is 12.1 Å². The molecule has 13 heavy (non-hydrogen) atoms. The number of hydrogen-bond acceptors (Lipinski definition) is 5. The Morgan fingerprint density at radius 3 is 3.08 bits per heavy atom. The van der Waals surface area contributed by atoms with Gasteiger partial charge in [0.05, 0.1) is 19.3 Å². The van der Waals surface area contributed by atoms with E-state index in [2.05, 4.69) is 10.1 Å². The average molecular weight is 180 g/mol. The van der Waals surface area contributed by atoms with Crippen LogP contribution in [0.15, 0.2) is 27.3 Å². The first-order valence-corrected chi connectivity index (χ1v) is 3.87. The Balaban J connectivity index is 2.23. The van der Waals surface area contributed by atoms with Crippen LogP contribution in [0.25, 0.3) is 11.6 Å². The highest BCUT2D eigenvalue weighted by Gasteiger charge is 2.09. The van der Waals surface area contributed by atoms with E-state index in [9.17, 15) is 0 Å². The third-order valence-corrected chi connectivity index (χ3v) is 1.54. The lowest BCUT2D eigenvalue weighted by Gasteiger charge is -1.83. The molecule has 2 aromatic heterocycles. The summed E-state index contributed by atoms with van der Waals surface area (Å²) in [4.78, 5) is 4.01. The van der Waals surface area contributed by atoms with Crippen molar-refractivity contribution in [2.24, 2.45) is 0 Å². The lowest BCUT2D eigenvalue weighted by molar-refractivity contribution is 0.274. The molecule has 0 radical (unpaired) electrons. The molecule has 0 aliphatic heterocycles. The molecule has 2 aromatic rings. The van der Waals surface area contributed by atoms with Gasteiger partial charge >= 0.3 is 0 Å². The molecule has 2 heterocycles. The summed E-state index contributed by atoms with van der Waals surface area (Å²) in [6.45, 7) is -0.000210. The molecule has 0 unspecified atom stereocenters. The van der Waals surface area contributed by atoms with Crippen molar-refractivity contribution in [3.63, 3.8) is 0 Å². The standard InChI is InChI=1S/C8H8N2O3/c11-4-3-7-9-8(10-13-7)6-2-1-5-12-6/h1-2,5,11H,3-4H2. The molecule has 1 N–H and O–H groups in total.